The Morgan fingerprint density at radius 3 is 3.08 bits per heavy atom. The zero-order valence-electron chi connectivity index (χ0n) is 7.46. The van der Waals surface area contributed by atoms with Crippen molar-refractivity contribution < 1.29 is 4.74 Å². The van der Waals surface area contributed by atoms with E-state index in [0.717, 1.165) is 38.9 Å². The number of hydrogen-bond donors (Lipinski definition) is 1. The van der Waals surface area contributed by atoms with Crippen molar-refractivity contribution in [2.75, 3.05) is 13.2 Å². The monoisotopic (exact) mass is 167 g/mol. The summed E-state index contributed by atoms with van der Waals surface area (Å²) in [6.45, 7) is 1.73. The van der Waals surface area contributed by atoms with Gasteiger partial charge in [-0.25, -0.2) is 0 Å². The molecule has 0 aliphatic carbocycles. The van der Waals surface area contributed by atoms with E-state index in [1.165, 1.54) is 0 Å². The Kier molecular flexibility index (Phi) is 4.13. The summed E-state index contributed by atoms with van der Waals surface area (Å²) < 4.78 is 5.26. The number of ether oxygens (including phenoxy) is 1. The molecular formula is C10H17NO. The van der Waals surface area contributed by atoms with Gasteiger partial charge in [0, 0.05) is 19.1 Å². The summed E-state index contributed by atoms with van der Waals surface area (Å²) in [4.78, 5) is 0. The van der Waals surface area contributed by atoms with Crippen LogP contribution < -0.4 is 5.73 Å². The maximum Gasteiger partial charge on any atom is 0.0509 e. The molecule has 12 heavy (non-hydrogen) atoms. The van der Waals surface area contributed by atoms with Crippen molar-refractivity contribution in [3.05, 3.63) is 0 Å². The SMILES string of the molecule is C#CCCCC(N)C1CCOC1. The number of hydrogen-bond acceptors (Lipinski definition) is 2. The van der Waals surface area contributed by atoms with Gasteiger partial charge < -0.3 is 10.5 Å². The molecule has 1 aliphatic heterocycles. The van der Waals surface area contributed by atoms with Crippen molar-refractivity contribution in [1.82, 2.24) is 0 Å². The standard InChI is InChI=1S/C10H17NO/c1-2-3-4-5-10(11)9-6-7-12-8-9/h1,9-10H,3-8,11H2. The van der Waals surface area contributed by atoms with E-state index < -0.39 is 0 Å². The van der Waals surface area contributed by atoms with Gasteiger partial charge in [0.1, 0.15) is 0 Å². The first-order valence-corrected chi connectivity index (χ1v) is 4.61. The average molecular weight is 167 g/mol. The molecule has 1 saturated heterocycles. The summed E-state index contributed by atoms with van der Waals surface area (Å²) in [6, 6.07) is 0.292. The zero-order valence-corrected chi connectivity index (χ0v) is 7.46. The van der Waals surface area contributed by atoms with Crippen LogP contribution in [0.25, 0.3) is 0 Å². The maximum absolute atomic E-state index is 5.97. The van der Waals surface area contributed by atoms with Crippen LogP contribution in [-0.4, -0.2) is 19.3 Å². The van der Waals surface area contributed by atoms with E-state index in [9.17, 15) is 0 Å². The number of unbranched alkanes of at least 4 members (excludes halogenated alkanes) is 1. The average Bonchev–Trinajstić information content (AvgIpc) is 2.56. The molecule has 0 spiro atoms. The van der Waals surface area contributed by atoms with Gasteiger partial charge in [0.05, 0.1) is 6.61 Å². The smallest absolute Gasteiger partial charge is 0.0509 e. The molecule has 0 aromatic heterocycles. The highest BCUT2D eigenvalue weighted by Crippen LogP contribution is 2.18. The van der Waals surface area contributed by atoms with Crippen molar-refractivity contribution >= 4 is 0 Å². The first kappa shape index (κ1) is 9.57. The van der Waals surface area contributed by atoms with Gasteiger partial charge in [-0.05, 0) is 25.2 Å². The molecule has 68 valence electrons. The minimum absolute atomic E-state index is 0.292. The summed E-state index contributed by atoms with van der Waals surface area (Å²) in [6.07, 6.45) is 9.21. The molecule has 0 bridgehead atoms. The molecule has 2 heteroatoms. The third-order valence-corrected chi connectivity index (χ3v) is 2.43. The van der Waals surface area contributed by atoms with Crippen LogP contribution in [0.5, 0.6) is 0 Å². The van der Waals surface area contributed by atoms with Crippen LogP contribution in [0.3, 0.4) is 0 Å². The van der Waals surface area contributed by atoms with Crippen LogP contribution in [0.1, 0.15) is 25.7 Å². The summed E-state index contributed by atoms with van der Waals surface area (Å²) in [5.41, 5.74) is 5.97. The predicted octanol–water partition coefficient (Wildman–Crippen LogP) is 1.15. The first-order chi connectivity index (χ1) is 5.84. The predicted molar refractivity (Wildman–Crippen MR) is 49.6 cm³/mol. The van der Waals surface area contributed by atoms with Gasteiger partial charge >= 0.3 is 0 Å². The van der Waals surface area contributed by atoms with E-state index in [4.69, 9.17) is 16.9 Å². The summed E-state index contributed by atoms with van der Waals surface area (Å²) >= 11 is 0. The molecule has 2 atom stereocenters. The Balaban J connectivity index is 2.10. The van der Waals surface area contributed by atoms with E-state index in [1.807, 2.05) is 0 Å². The molecule has 0 amide bonds. The van der Waals surface area contributed by atoms with Gasteiger partial charge in [0.15, 0.2) is 0 Å². The van der Waals surface area contributed by atoms with E-state index >= 15 is 0 Å². The molecule has 2 unspecified atom stereocenters. The highest BCUT2D eigenvalue weighted by Gasteiger charge is 2.21. The highest BCUT2D eigenvalue weighted by molar-refractivity contribution is 4.84. The molecule has 0 radical (unpaired) electrons. The molecule has 1 fully saturated rings. The van der Waals surface area contributed by atoms with Crippen molar-refractivity contribution in [1.29, 1.82) is 0 Å². The van der Waals surface area contributed by atoms with Crippen LogP contribution in [0.4, 0.5) is 0 Å². The molecule has 2 nitrogen and oxygen atoms in total. The second-order valence-corrected chi connectivity index (χ2v) is 3.38. The van der Waals surface area contributed by atoms with Gasteiger partial charge in [-0.15, -0.1) is 12.3 Å². The molecule has 0 aromatic carbocycles. The van der Waals surface area contributed by atoms with E-state index in [0.29, 0.717) is 12.0 Å². The maximum atomic E-state index is 5.97. The Labute approximate surface area is 74.5 Å². The van der Waals surface area contributed by atoms with Crippen LogP contribution in [0.15, 0.2) is 0 Å². The normalized spacial score (nSPS) is 25.2. The van der Waals surface area contributed by atoms with E-state index in [-0.39, 0.29) is 0 Å². The lowest BCUT2D eigenvalue weighted by atomic mass is 9.95. The lowest BCUT2D eigenvalue weighted by Crippen LogP contribution is -2.30. The Hall–Kier alpha value is -0.520. The molecular weight excluding hydrogens is 150 g/mol. The molecule has 0 aromatic rings. The van der Waals surface area contributed by atoms with Crippen molar-refractivity contribution in [2.24, 2.45) is 11.7 Å². The van der Waals surface area contributed by atoms with Crippen molar-refractivity contribution in [2.45, 2.75) is 31.7 Å². The number of nitrogens with two attached hydrogens (primary N) is 1. The van der Waals surface area contributed by atoms with E-state index in [2.05, 4.69) is 5.92 Å². The molecule has 1 rings (SSSR count). The fourth-order valence-corrected chi connectivity index (χ4v) is 1.57. The van der Waals surface area contributed by atoms with Gasteiger partial charge in [-0.2, -0.15) is 0 Å². The second-order valence-electron chi connectivity index (χ2n) is 3.38. The second kappa shape index (κ2) is 5.18. The largest absolute Gasteiger partial charge is 0.381 e. The summed E-state index contributed by atoms with van der Waals surface area (Å²) in [5.74, 6) is 3.20. The minimum atomic E-state index is 0.292. The van der Waals surface area contributed by atoms with Crippen LogP contribution in [-0.2, 0) is 4.74 Å². The van der Waals surface area contributed by atoms with Crippen molar-refractivity contribution in [3.63, 3.8) is 0 Å². The number of terminal acetylenes is 1. The van der Waals surface area contributed by atoms with Crippen LogP contribution in [0.2, 0.25) is 0 Å². The number of rotatable bonds is 4. The lowest BCUT2D eigenvalue weighted by molar-refractivity contribution is 0.179. The van der Waals surface area contributed by atoms with Gasteiger partial charge in [-0.1, -0.05) is 0 Å². The lowest BCUT2D eigenvalue weighted by Gasteiger charge is -2.16. The van der Waals surface area contributed by atoms with Crippen molar-refractivity contribution in [3.8, 4) is 12.3 Å². The Morgan fingerprint density at radius 1 is 1.67 bits per heavy atom. The van der Waals surface area contributed by atoms with Gasteiger partial charge in [0.25, 0.3) is 0 Å². The van der Waals surface area contributed by atoms with Crippen LogP contribution in [0, 0.1) is 18.3 Å². The molecule has 2 N–H and O–H groups in total. The minimum Gasteiger partial charge on any atom is -0.381 e. The van der Waals surface area contributed by atoms with Gasteiger partial charge in [-0.3, -0.25) is 0 Å². The third kappa shape index (κ3) is 2.84. The molecule has 1 heterocycles. The summed E-state index contributed by atoms with van der Waals surface area (Å²) in [7, 11) is 0. The molecule has 0 saturated carbocycles. The first-order valence-electron chi connectivity index (χ1n) is 4.61. The van der Waals surface area contributed by atoms with Gasteiger partial charge in [0.2, 0.25) is 0 Å². The molecule has 1 aliphatic rings. The fourth-order valence-electron chi connectivity index (χ4n) is 1.57. The zero-order chi connectivity index (χ0) is 8.81. The quantitative estimate of drug-likeness (QED) is 0.503. The van der Waals surface area contributed by atoms with Crippen LogP contribution >= 0.6 is 0 Å². The fraction of sp³-hybridized carbons (Fsp3) is 0.800. The highest BCUT2D eigenvalue weighted by atomic mass is 16.5. The Bertz CT molecular complexity index is 156. The van der Waals surface area contributed by atoms with E-state index in [1.54, 1.807) is 0 Å². The topological polar surface area (TPSA) is 35.2 Å². The summed E-state index contributed by atoms with van der Waals surface area (Å²) in [5, 5.41) is 0. The Morgan fingerprint density at radius 2 is 2.50 bits per heavy atom. The third-order valence-electron chi connectivity index (χ3n) is 2.43.